The van der Waals surface area contributed by atoms with Crippen LogP contribution in [0, 0.1) is 18.8 Å². The van der Waals surface area contributed by atoms with E-state index in [1.807, 2.05) is 0 Å². The Bertz CT molecular complexity index is 390. The second-order valence-corrected chi connectivity index (χ2v) is 6.28. The first-order valence-corrected chi connectivity index (χ1v) is 7.08. The molecule has 1 saturated carbocycles. The molecule has 0 saturated heterocycles. The largest absolute Gasteiger partial charge is 0.378 e. The molecule has 100 valence electrons. The minimum atomic E-state index is 0.0865. The van der Waals surface area contributed by atoms with E-state index in [2.05, 4.69) is 50.4 Å². The SMILES string of the molecule is Cc1ccccc1NC1(CN)CC(C)CC(C)C1. The van der Waals surface area contributed by atoms with Crippen molar-refractivity contribution in [2.75, 3.05) is 11.9 Å². The molecule has 3 N–H and O–H groups in total. The number of benzene rings is 1. The molecule has 1 aliphatic rings. The molecule has 0 spiro atoms. The van der Waals surface area contributed by atoms with Crippen molar-refractivity contribution in [2.24, 2.45) is 17.6 Å². The maximum atomic E-state index is 6.10. The van der Waals surface area contributed by atoms with Gasteiger partial charge in [-0.3, -0.25) is 0 Å². The molecule has 1 aliphatic carbocycles. The molecule has 0 amide bonds. The van der Waals surface area contributed by atoms with E-state index in [-0.39, 0.29) is 5.54 Å². The number of hydrogen-bond donors (Lipinski definition) is 2. The van der Waals surface area contributed by atoms with Gasteiger partial charge in [-0.1, -0.05) is 32.0 Å². The third-order valence-corrected chi connectivity index (χ3v) is 4.22. The van der Waals surface area contributed by atoms with Crippen LogP contribution in [0.25, 0.3) is 0 Å². The van der Waals surface area contributed by atoms with Crippen LogP contribution in [-0.4, -0.2) is 12.1 Å². The van der Waals surface area contributed by atoms with Gasteiger partial charge in [-0.15, -0.1) is 0 Å². The topological polar surface area (TPSA) is 38.0 Å². The molecule has 1 aromatic rings. The third kappa shape index (κ3) is 2.86. The van der Waals surface area contributed by atoms with E-state index in [0.717, 1.165) is 18.4 Å². The Hall–Kier alpha value is -1.02. The highest BCUT2D eigenvalue weighted by molar-refractivity contribution is 5.52. The lowest BCUT2D eigenvalue weighted by Gasteiger charge is -2.44. The number of nitrogens with one attached hydrogen (secondary N) is 1. The fourth-order valence-electron chi connectivity index (χ4n) is 3.59. The zero-order chi connectivity index (χ0) is 13.2. The van der Waals surface area contributed by atoms with Crippen molar-refractivity contribution in [1.82, 2.24) is 0 Å². The Balaban J connectivity index is 2.20. The number of aryl methyl sites for hydroxylation is 1. The van der Waals surface area contributed by atoms with E-state index >= 15 is 0 Å². The molecule has 0 radical (unpaired) electrons. The lowest BCUT2D eigenvalue weighted by Crippen LogP contribution is -2.50. The van der Waals surface area contributed by atoms with Crippen molar-refractivity contribution < 1.29 is 0 Å². The zero-order valence-corrected chi connectivity index (χ0v) is 11.9. The van der Waals surface area contributed by atoms with Crippen LogP contribution in [0.5, 0.6) is 0 Å². The first kappa shape index (κ1) is 13.4. The van der Waals surface area contributed by atoms with E-state index in [4.69, 9.17) is 5.73 Å². The minimum absolute atomic E-state index is 0.0865. The van der Waals surface area contributed by atoms with Gasteiger partial charge in [0, 0.05) is 12.2 Å². The summed E-state index contributed by atoms with van der Waals surface area (Å²) < 4.78 is 0. The summed E-state index contributed by atoms with van der Waals surface area (Å²) in [4.78, 5) is 0. The van der Waals surface area contributed by atoms with Crippen molar-refractivity contribution in [1.29, 1.82) is 0 Å². The summed E-state index contributed by atoms with van der Waals surface area (Å²) in [7, 11) is 0. The van der Waals surface area contributed by atoms with Gasteiger partial charge in [0.2, 0.25) is 0 Å². The first-order chi connectivity index (χ1) is 8.54. The van der Waals surface area contributed by atoms with Crippen LogP contribution < -0.4 is 11.1 Å². The van der Waals surface area contributed by atoms with Gasteiger partial charge in [0.1, 0.15) is 0 Å². The third-order valence-electron chi connectivity index (χ3n) is 4.22. The molecule has 2 unspecified atom stereocenters. The second-order valence-electron chi connectivity index (χ2n) is 6.28. The molecule has 0 aromatic heterocycles. The van der Waals surface area contributed by atoms with Crippen LogP contribution in [0.2, 0.25) is 0 Å². The van der Waals surface area contributed by atoms with Crippen LogP contribution in [0.1, 0.15) is 38.7 Å². The normalized spacial score (nSPS) is 32.2. The molecule has 2 rings (SSSR count). The smallest absolute Gasteiger partial charge is 0.0500 e. The summed E-state index contributed by atoms with van der Waals surface area (Å²) in [6.45, 7) is 7.57. The monoisotopic (exact) mass is 246 g/mol. The highest BCUT2D eigenvalue weighted by Crippen LogP contribution is 2.38. The highest BCUT2D eigenvalue weighted by atomic mass is 15.0. The summed E-state index contributed by atoms with van der Waals surface area (Å²) in [5, 5.41) is 3.75. The predicted molar refractivity (Wildman–Crippen MR) is 78.8 cm³/mol. The van der Waals surface area contributed by atoms with Crippen LogP contribution in [0.4, 0.5) is 5.69 Å². The molecule has 2 heteroatoms. The lowest BCUT2D eigenvalue weighted by molar-refractivity contribution is 0.205. The molecule has 18 heavy (non-hydrogen) atoms. The number of hydrogen-bond acceptors (Lipinski definition) is 2. The van der Waals surface area contributed by atoms with Gasteiger partial charge in [-0.05, 0) is 49.7 Å². The average molecular weight is 246 g/mol. The Morgan fingerprint density at radius 2 is 1.83 bits per heavy atom. The molecule has 0 aliphatic heterocycles. The minimum Gasteiger partial charge on any atom is -0.378 e. The van der Waals surface area contributed by atoms with E-state index < -0.39 is 0 Å². The van der Waals surface area contributed by atoms with Crippen molar-refractivity contribution >= 4 is 5.69 Å². The summed E-state index contributed by atoms with van der Waals surface area (Å²) in [5.41, 5.74) is 8.73. The lowest BCUT2D eigenvalue weighted by atomic mass is 9.71. The van der Waals surface area contributed by atoms with E-state index in [9.17, 15) is 0 Å². The molecule has 0 heterocycles. The number of nitrogens with two attached hydrogens (primary N) is 1. The van der Waals surface area contributed by atoms with E-state index in [0.29, 0.717) is 0 Å². The van der Waals surface area contributed by atoms with Gasteiger partial charge in [0.05, 0.1) is 5.54 Å². The number of para-hydroxylation sites is 1. The van der Waals surface area contributed by atoms with Gasteiger partial charge in [-0.25, -0.2) is 0 Å². The standard InChI is InChI=1S/C16H26N2/c1-12-8-13(2)10-16(9-12,11-17)18-15-7-5-4-6-14(15)3/h4-7,12-13,18H,8-11,17H2,1-3H3. The first-order valence-electron chi connectivity index (χ1n) is 7.08. The molecule has 1 aromatic carbocycles. The van der Waals surface area contributed by atoms with Crippen molar-refractivity contribution in [3.8, 4) is 0 Å². The maximum Gasteiger partial charge on any atom is 0.0500 e. The van der Waals surface area contributed by atoms with E-state index in [1.54, 1.807) is 0 Å². The summed E-state index contributed by atoms with van der Waals surface area (Å²) >= 11 is 0. The van der Waals surface area contributed by atoms with Crippen LogP contribution >= 0.6 is 0 Å². The fourth-order valence-corrected chi connectivity index (χ4v) is 3.59. The average Bonchev–Trinajstić information content (AvgIpc) is 2.31. The van der Waals surface area contributed by atoms with Crippen LogP contribution in [0.15, 0.2) is 24.3 Å². The van der Waals surface area contributed by atoms with Gasteiger partial charge in [0.25, 0.3) is 0 Å². The molecule has 2 atom stereocenters. The quantitative estimate of drug-likeness (QED) is 0.856. The molecular formula is C16H26N2. The Morgan fingerprint density at radius 3 is 2.39 bits per heavy atom. The van der Waals surface area contributed by atoms with Crippen molar-refractivity contribution in [3.05, 3.63) is 29.8 Å². The molecule has 0 bridgehead atoms. The van der Waals surface area contributed by atoms with Crippen molar-refractivity contribution in [3.63, 3.8) is 0 Å². The maximum absolute atomic E-state index is 6.10. The van der Waals surface area contributed by atoms with Gasteiger partial charge >= 0.3 is 0 Å². The number of anilines is 1. The molecule has 1 fully saturated rings. The van der Waals surface area contributed by atoms with Gasteiger partial charge < -0.3 is 11.1 Å². The Morgan fingerprint density at radius 1 is 1.22 bits per heavy atom. The predicted octanol–water partition coefficient (Wildman–Crippen LogP) is 3.56. The molecular weight excluding hydrogens is 220 g/mol. The fraction of sp³-hybridized carbons (Fsp3) is 0.625. The van der Waals surface area contributed by atoms with Gasteiger partial charge in [-0.2, -0.15) is 0 Å². The molecule has 2 nitrogen and oxygen atoms in total. The van der Waals surface area contributed by atoms with Crippen molar-refractivity contribution in [2.45, 2.75) is 45.6 Å². The van der Waals surface area contributed by atoms with E-state index in [1.165, 1.54) is 30.5 Å². The van der Waals surface area contributed by atoms with Gasteiger partial charge in [0.15, 0.2) is 0 Å². The summed E-state index contributed by atoms with van der Waals surface area (Å²) in [5.74, 6) is 1.52. The zero-order valence-electron chi connectivity index (χ0n) is 11.9. The Kier molecular flexibility index (Phi) is 3.96. The Labute approximate surface area is 111 Å². The van der Waals surface area contributed by atoms with Crippen LogP contribution in [0.3, 0.4) is 0 Å². The summed E-state index contributed by atoms with van der Waals surface area (Å²) in [6, 6.07) is 8.50. The second kappa shape index (κ2) is 5.31. The highest BCUT2D eigenvalue weighted by Gasteiger charge is 2.36. The van der Waals surface area contributed by atoms with Crippen LogP contribution in [-0.2, 0) is 0 Å². The number of rotatable bonds is 3. The summed E-state index contributed by atoms with van der Waals surface area (Å²) in [6.07, 6.45) is 3.70.